The lowest BCUT2D eigenvalue weighted by Crippen LogP contribution is -2.35. The number of esters is 1. The molecule has 0 spiro atoms. The summed E-state index contributed by atoms with van der Waals surface area (Å²) in [6, 6.07) is 13.3. The van der Waals surface area contributed by atoms with Crippen LogP contribution >= 0.6 is 0 Å². The van der Waals surface area contributed by atoms with Crippen molar-refractivity contribution in [1.82, 2.24) is 0 Å². The molecule has 0 amide bonds. The van der Waals surface area contributed by atoms with Gasteiger partial charge in [-0.2, -0.15) is 0 Å². The lowest BCUT2D eigenvalue weighted by Gasteiger charge is -2.25. The van der Waals surface area contributed by atoms with E-state index in [2.05, 4.69) is 0 Å². The number of cyclic esters (lactones) is 1. The second-order valence-electron chi connectivity index (χ2n) is 6.07. The lowest BCUT2D eigenvalue weighted by atomic mass is 9.73. The third-order valence-corrected chi connectivity index (χ3v) is 4.82. The van der Waals surface area contributed by atoms with Crippen LogP contribution in [0.1, 0.15) is 18.4 Å². The van der Waals surface area contributed by atoms with E-state index in [0.717, 1.165) is 10.8 Å². The van der Waals surface area contributed by atoms with Crippen molar-refractivity contribution in [2.24, 2.45) is 5.92 Å². The summed E-state index contributed by atoms with van der Waals surface area (Å²) in [6.45, 7) is 0.0985. The summed E-state index contributed by atoms with van der Waals surface area (Å²) in [6.07, 6.45) is -0.715. The van der Waals surface area contributed by atoms with E-state index in [-0.39, 0.29) is 13.0 Å². The summed E-state index contributed by atoms with van der Waals surface area (Å²) in [5.41, 5.74) is -0.515. The maximum absolute atomic E-state index is 13.9. The van der Waals surface area contributed by atoms with Gasteiger partial charge in [0.2, 0.25) is 5.92 Å². The Morgan fingerprint density at radius 3 is 2.67 bits per heavy atom. The van der Waals surface area contributed by atoms with E-state index in [1.54, 1.807) is 6.07 Å². The molecule has 2 fully saturated rings. The number of benzene rings is 2. The van der Waals surface area contributed by atoms with Gasteiger partial charge in [0, 0.05) is 18.8 Å². The van der Waals surface area contributed by atoms with Gasteiger partial charge in [0.1, 0.15) is 5.41 Å². The molecule has 0 N–H and O–H groups in total. The third-order valence-electron chi connectivity index (χ3n) is 4.82. The molecule has 1 saturated heterocycles. The maximum atomic E-state index is 13.9. The second kappa shape index (κ2) is 4.03. The minimum atomic E-state index is -2.80. The number of hydrogen-bond donors (Lipinski definition) is 0. The van der Waals surface area contributed by atoms with Gasteiger partial charge in [0.25, 0.3) is 0 Å². The van der Waals surface area contributed by atoms with Crippen LogP contribution in [0.15, 0.2) is 42.5 Å². The van der Waals surface area contributed by atoms with Crippen molar-refractivity contribution < 1.29 is 18.3 Å². The Labute approximate surface area is 120 Å². The highest BCUT2D eigenvalue weighted by atomic mass is 19.3. The first-order valence-corrected chi connectivity index (χ1v) is 7.06. The third kappa shape index (κ3) is 1.71. The van der Waals surface area contributed by atoms with Gasteiger partial charge in [-0.3, -0.25) is 4.79 Å². The van der Waals surface area contributed by atoms with Gasteiger partial charge >= 0.3 is 5.97 Å². The second-order valence-corrected chi connectivity index (χ2v) is 6.07. The van der Waals surface area contributed by atoms with Crippen LogP contribution in [0.2, 0.25) is 0 Å². The monoisotopic (exact) mass is 288 g/mol. The van der Waals surface area contributed by atoms with Gasteiger partial charge in [-0.1, -0.05) is 36.4 Å². The highest BCUT2D eigenvalue weighted by Crippen LogP contribution is 2.56. The molecule has 2 aromatic rings. The molecule has 4 heteroatoms. The molecule has 2 unspecified atom stereocenters. The number of halogens is 2. The van der Waals surface area contributed by atoms with Crippen LogP contribution in [0.25, 0.3) is 10.8 Å². The zero-order valence-corrected chi connectivity index (χ0v) is 11.3. The fraction of sp³-hybridized carbons (Fsp3) is 0.353. The quantitative estimate of drug-likeness (QED) is 0.748. The van der Waals surface area contributed by atoms with Crippen LogP contribution < -0.4 is 0 Å². The maximum Gasteiger partial charge on any atom is 0.317 e. The van der Waals surface area contributed by atoms with Crippen molar-refractivity contribution in [3.8, 4) is 0 Å². The van der Waals surface area contributed by atoms with Crippen molar-refractivity contribution >= 4 is 16.7 Å². The van der Waals surface area contributed by atoms with Gasteiger partial charge in [0.15, 0.2) is 0 Å². The number of fused-ring (bicyclic) bond motifs is 2. The van der Waals surface area contributed by atoms with Crippen molar-refractivity contribution in [3.63, 3.8) is 0 Å². The van der Waals surface area contributed by atoms with E-state index in [9.17, 15) is 13.6 Å². The molecule has 1 aliphatic heterocycles. The van der Waals surface area contributed by atoms with Gasteiger partial charge in [-0.15, -0.1) is 0 Å². The zero-order chi connectivity index (χ0) is 14.7. The SMILES string of the molecule is O=C1OCC2CC(F)(F)CC12c1ccc2ccccc2c1. The van der Waals surface area contributed by atoms with Crippen molar-refractivity contribution in [1.29, 1.82) is 0 Å². The molecule has 2 nitrogen and oxygen atoms in total. The van der Waals surface area contributed by atoms with Crippen LogP contribution in [0.4, 0.5) is 8.78 Å². The van der Waals surface area contributed by atoms with E-state index in [1.165, 1.54) is 0 Å². The number of rotatable bonds is 1. The minimum absolute atomic E-state index is 0.0985. The van der Waals surface area contributed by atoms with E-state index >= 15 is 0 Å². The molecule has 1 saturated carbocycles. The van der Waals surface area contributed by atoms with Crippen LogP contribution in [0, 0.1) is 5.92 Å². The number of alkyl halides is 2. The van der Waals surface area contributed by atoms with Crippen molar-refractivity contribution in [2.45, 2.75) is 24.2 Å². The summed E-state index contributed by atoms with van der Waals surface area (Å²) < 4.78 is 32.9. The Morgan fingerprint density at radius 2 is 1.86 bits per heavy atom. The van der Waals surface area contributed by atoms with Crippen molar-refractivity contribution in [2.75, 3.05) is 6.61 Å². The zero-order valence-electron chi connectivity index (χ0n) is 11.3. The Kier molecular flexibility index (Phi) is 2.44. The fourth-order valence-corrected chi connectivity index (χ4v) is 3.83. The minimum Gasteiger partial charge on any atom is -0.465 e. The van der Waals surface area contributed by atoms with Gasteiger partial charge in [0.05, 0.1) is 6.61 Å². The lowest BCUT2D eigenvalue weighted by molar-refractivity contribution is -0.145. The first-order valence-electron chi connectivity index (χ1n) is 7.06. The smallest absolute Gasteiger partial charge is 0.317 e. The molecule has 0 aromatic heterocycles. The molecule has 0 radical (unpaired) electrons. The van der Waals surface area contributed by atoms with Crippen molar-refractivity contribution in [3.05, 3.63) is 48.0 Å². The van der Waals surface area contributed by atoms with Crippen LogP contribution in [0.3, 0.4) is 0 Å². The van der Waals surface area contributed by atoms with Crippen LogP contribution in [0.5, 0.6) is 0 Å². The van der Waals surface area contributed by atoms with Gasteiger partial charge in [-0.05, 0) is 22.4 Å². The summed E-state index contributed by atoms with van der Waals surface area (Å²) in [5.74, 6) is -3.73. The molecule has 0 bridgehead atoms. The molecule has 4 rings (SSSR count). The number of ether oxygens (including phenoxy) is 1. The average Bonchev–Trinajstić information content (AvgIpc) is 2.91. The summed E-state index contributed by atoms with van der Waals surface area (Å²) in [5, 5.41) is 1.99. The van der Waals surface area contributed by atoms with E-state index < -0.39 is 29.6 Å². The molecule has 2 atom stereocenters. The summed E-state index contributed by atoms with van der Waals surface area (Å²) in [4.78, 5) is 12.2. The molecular weight excluding hydrogens is 274 g/mol. The van der Waals surface area contributed by atoms with Gasteiger partial charge in [-0.25, -0.2) is 8.78 Å². The number of carbonyl (C=O) groups is 1. The summed E-state index contributed by atoms with van der Waals surface area (Å²) >= 11 is 0. The molecule has 108 valence electrons. The average molecular weight is 288 g/mol. The Hall–Kier alpha value is -1.97. The summed E-state index contributed by atoms with van der Waals surface area (Å²) in [7, 11) is 0. The molecular formula is C17H14F2O2. The first-order chi connectivity index (χ1) is 10.0. The molecule has 1 heterocycles. The van der Waals surface area contributed by atoms with Gasteiger partial charge < -0.3 is 4.74 Å². The Bertz CT molecular complexity index is 740. The molecule has 2 aromatic carbocycles. The highest BCUT2D eigenvalue weighted by Gasteiger charge is 2.65. The van der Waals surface area contributed by atoms with E-state index in [4.69, 9.17) is 4.74 Å². The first kappa shape index (κ1) is 12.7. The Morgan fingerprint density at radius 1 is 1.10 bits per heavy atom. The highest BCUT2D eigenvalue weighted by molar-refractivity contribution is 5.90. The molecule has 1 aliphatic carbocycles. The normalized spacial score (nSPS) is 30.4. The van der Waals surface area contributed by atoms with E-state index in [1.807, 2.05) is 36.4 Å². The molecule has 2 aliphatic rings. The van der Waals surface area contributed by atoms with Crippen LogP contribution in [-0.2, 0) is 14.9 Å². The number of carbonyl (C=O) groups excluding carboxylic acids is 1. The molecule has 21 heavy (non-hydrogen) atoms. The largest absolute Gasteiger partial charge is 0.465 e. The topological polar surface area (TPSA) is 26.3 Å². The fourth-order valence-electron chi connectivity index (χ4n) is 3.83. The number of hydrogen-bond acceptors (Lipinski definition) is 2. The van der Waals surface area contributed by atoms with Crippen LogP contribution in [-0.4, -0.2) is 18.5 Å². The predicted molar refractivity (Wildman–Crippen MR) is 74.3 cm³/mol. The standard InChI is InChI=1S/C17H14F2O2/c18-16(19)8-14-9-21-15(20)17(14,10-16)13-6-5-11-3-1-2-4-12(11)7-13/h1-7,14H,8-10H2. The predicted octanol–water partition coefficient (Wildman–Crippen LogP) is 3.68. The Balaban J connectivity index is 1.90. The van der Waals surface area contributed by atoms with E-state index in [0.29, 0.717) is 5.56 Å².